The van der Waals surface area contributed by atoms with Crippen molar-refractivity contribution in [1.29, 1.82) is 0 Å². The maximum absolute atomic E-state index is 12.6. The fraction of sp³-hybridized carbons (Fsp3) is 0.625. The van der Waals surface area contributed by atoms with Crippen LogP contribution in [0.1, 0.15) is 0 Å². The monoisotopic (exact) mass is 309 g/mol. The molecule has 0 fully saturated rings. The molecule has 0 atom stereocenters. The lowest BCUT2D eigenvalue weighted by Crippen LogP contribution is -2.66. The van der Waals surface area contributed by atoms with Crippen molar-refractivity contribution < 1.29 is 48.3 Å². The second-order valence-electron chi connectivity index (χ2n) is 3.25. The number of hydrogen-bond acceptors (Lipinski definition) is 0. The van der Waals surface area contributed by atoms with Crippen LogP contribution in [0.3, 0.4) is 0 Å². The summed E-state index contributed by atoms with van der Waals surface area (Å²) in [7, 11) is 0. The molecule has 1 radical (unpaired) electrons. The summed E-state index contributed by atoms with van der Waals surface area (Å²) in [6, 6.07) is 0. The lowest BCUT2D eigenvalue weighted by Gasteiger charge is -2.36. The Morgan fingerprint density at radius 3 is 1.21 bits per heavy atom. The first-order valence-electron chi connectivity index (χ1n) is 4.11. The smallest absolute Gasteiger partial charge is 0.199 e. The Morgan fingerprint density at radius 2 is 0.947 bits per heavy atom. The molecule has 0 aliphatic carbocycles. The molecule has 0 aliphatic rings. The first kappa shape index (κ1) is 18.0. The second kappa shape index (κ2) is 4.51. The molecule has 0 N–H and O–H groups in total. The fourth-order valence-corrected chi connectivity index (χ4v) is 0.837. The van der Waals surface area contributed by atoms with Crippen molar-refractivity contribution in [3.05, 3.63) is 19.1 Å². The molecular formula is C8H4F11. The highest BCUT2D eigenvalue weighted by molar-refractivity contribution is 5.13. The number of allylic oxidation sites excluding steroid dienone is 1. The van der Waals surface area contributed by atoms with Crippen LogP contribution in [0.25, 0.3) is 0 Å². The van der Waals surface area contributed by atoms with Crippen LogP contribution in [0, 0.1) is 6.42 Å². The molecule has 11 heteroatoms. The Bertz CT molecular complexity index is 337. The quantitative estimate of drug-likeness (QED) is 0.657. The van der Waals surface area contributed by atoms with E-state index in [1.165, 1.54) is 0 Å². The molecular weight excluding hydrogens is 305 g/mol. The SMILES string of the molecule is C=C[CH]C(F)(F)C(F)(F)C(F)(F)C(F)(F)C(F)(F)F. The van der Waals surface area contributed by atoms with Gasteiger partial charge in [0.15, 0.2) is 0 Å². The van der Waals surface area contributed by atoms with E-state index in [0.29, 0.717) is 0 Å². The maximum atomic E-state index is 12.6. The molecule has 0 rings (SSSR count). The van der Waals surface area contributed by atoms with Crippen LogP contribution in [0.5, 0.6) is 0 Å². The number of halogens is 11. The molecule has 0 aromatic heterocycles. The van der Waals surface area contributed by atoms with Crippen LogP contribution in [-0.4, -0.2) is 29.9 Å². The van der Waals surface area contributed by atoms with Crippen molar-refractivity contribution in [3.63, 3.8) is 0 Å². The summed E-state index contributed by atoms with van der Waals surface area (Å²) in [6.07, 6.45) is -8.28. The van der Waals surface area contributed by atoms with Gasteiger partial charge in [-0.3, -0.25) is 0 Å². The summed E-state index contributed by atoms with van der Waals surface area (Å²) in [6.45, 7) is 2.43. The van der Waals surface area contributed by atoms with Gasteiger partial charge in [-0.25, -0.2) is 0 Å². The molecule has 0 aliphatic heterocycles. The van der Waals surface area contributed by atoms with Gasteiger partial charge >= 0.3 is 29.9 Å². The molecule has 0 spiro atoms. The van der Waals surface area contributed by atoms with Gasteiger partial charge in [0.05, 0.1) is 6.42 Å². The number of alkyl halides is 11. The van der Waals surface area contributed by atoms with Crippen molar-refractivity contribution in [2.75, 3.05) is 0 Å². The minimum absolute atomic E-state index is 0.143. The lowest BCUT2D eigenvalue weighted by atomic mass is 9.96. The third kappa shape index (κ3) is 2.50. The molecule has 0 unspecified atom stereocenters. The first-order valence-corrected chi connectivity index (χ1v) is 4.11. The van der Waals surface area contributed by atoms with Crippen LogP contribution in [0.15, 0.2) is 12.7 Å². The highest BCUT2D eigenvalue weighted by atomic mass is 19.4. The van der Waals surface area contributed by atoms with Gasteiger partial charge in [-0.05, 0) is 0 Å². The second-order valence-corrected chi connectivity index (χ2v) is 3.25. The van der Waals surface area contributed by atoms with Crippen LogP contribution in [0.4, 0.5) is 48.3 Å². The summed E-state index contributed by atoms with van der Waals surface area (Å²) in [5.74, 6) is -27.6. The normalized spacial score (nSPS) is 15.5. The Kier molecular flexibility index (Phi) is 4.27. The molecule has 0 amide bonds. The molecule has 0 heterocycles. The van der Waals surface area contributed by atoms with Crippen LogP contribution in [0.2, 0.25) is 0 Å². The van der Waals surface area contributed by atoms with E-state index in [4.69, 9.17) is 0 Å². The van der Waals surface area contributed by atoms with E-state index in [-0.39, 0.29) is 6.08 Å². The van der Waals surface area contributed by atoms with E-state index in [9.17, 15) is 48.3 Å². The van der Waals surface area contributed by atoms with Crippen molar-refractivity contribution in [1.82, 2.24) is 0 Å². The molecule has 0 aromatic carbocycles. The Balaban J connectivity index is 5.83. The molecule has 113 valence electrons. The van der Waals surface area contributed by atoms with Crippen molar-refractivity contribution in [2.24, 2.45) is 0 Å². The molecule has 0 bridgehead atoms. The predicted molar refractivity (Wildman–Crippen MR) is 40.3 cm³/mol. The fourth-order valence-electron chi connectivity index (χ4n) is 0.837. The van der Waals surface area contributed by atoms with Crippen molar-refractivity contribution in [3.8, 4) is 0 Å². The number of rotatable bonds is 5. The molecule has 0 saturated carbocycles. The van der Waals surface area contributed by atoms with E-state index in [0.717, 1.165) is 0 Å². The highest BCUT2D eigenvalue weighted by Crippen LogP contribution is 2.57. The van der Waals surface area contributed by atoms with E-state index in [1.807, 2.05) is 0 Å². The first-order chi connectivity index (χ1) is 8.06. The molecule has 19 heavy (non-hydrogen) atoms. The number of hydrogen-bond donors (Lipinski definition) is 0. The minimum Gasteiger partial charge on any atom is -0.199 e. The Hall–Kier alpha value is -1.03. The standard InChI is InChI=1S/C8H4F11/c1-2-3-4(9,10)5(11,12)6(13,14)7(15,16)8(17,18)19/h2-3H,1H2. The van der Waals surface area contributed by atoms with E-state index in [2.05, 4.69) is 6.58 Å². The summed E-state index contributed by atoms with van der Waals surface area (Å²) in [4.78, 5) is 0. The van der Waals surface area contributed by atoms with Gasteiger partial charge in [0.25, 0.3) is 0 Å². The van der Waals surface area contributed by atoms with Gasteiger partial charge in [-0.2, -0.15) is 48.3 Å². The van der Waals surface area contributed by atoms with E-state index >= 15 is 0 Å². The van der Waals surface area contributed by atoms with Gasteiger partial charge in [0, 0.05) is 0 Å². The third-order valence-electron chi connectivity index (χ3n) is 1.89. The summed E-state index contributed by atoms with van der Waals surface area (Å²) in [5, 5.41) is 0. The predicted octanol–water partition coefficient (Wildman–Crippen LogP) is 4.48. The van der Waals surface area contributed by atoms with Crippen molar-refractivity contribution in [2.45, 2.75) is 29.9 Å². The average Bonchev–Trinajstić information content (AvgIpc) is 2.14. The zero-order valence-corrected chi connectivity index (χ0v) is 8.52. The largest absolute Gasteiger partial charge is 0.460 e. The van der Waals surface area contributed by atoms with Gasteiger partial charge < -0.3 is 0 Å². The molecule has 0 aromatic rings. The molecule has 0 nitrogen and oxygen atoms in total. The third-order valence-corrected chi connectivity index (χ3v) is 1.89. The van der Waals surface area contributed by atoms with Crippen LogP contribution >= 0.6 is 0 Å². The zero-order valence-electron chi connectivity index (χ0n) is 8.52. The molecule has 0 saturated heterocycles. The van der Waals surface area contributed by atoms with Gasteiger partial charge in [-0.15, -0.1) is 6.58 Å². The topological polar surface area (TPSA) is 0 Å². The van der Waals surface area contributed by atoms with Gasteiger partial charge in [-0.1, -0.05) is 6.08 Å². The zero-order chi connectivity index (χ0) is 15.9. The highest BCUT2D eigenvalue weighted by Gasteiger charge is 2.86. The summed E-state index contributed by atoms with van der Waals surface area (Å²) in [5.41, 5.74) is 0. The minimum atomic E-state index is -7.36. The van der Waals surface area contributed by atoms with Crippen LogP contribution in [-0.2, 0) is 0 Å². The van der Waals surface area contributed by atoms with Gasteiger partial charge in [0.1, 0.15) is 0 Å². The van der Waals surface area contributed by atoms with E-state index in [1.54, 1.807) is 0 Å². The van der Waals surface area contributed by atoms with Crippen molar-refractivity contribution >= 4 is 0 Å². The maximum Gasteiger partial charge on any atom is 0.460 e. The summed E-state index contributed by atoms with van der Waals surface area (Å²) >= 11 is 0. The Labute approximate surface area is 98.4 Å². The Morgan fingerprint density at radius 1 is 0.579 bits per heavy atom. The van der Waals surface area contributed by atoms with Crippen LogP contribution < -0.4 is 0 Å². The van der Waals surface area contributed by atoms with E-state index < -0.39 is 36.3 Å². The van der Waals surface area contributed by atoms with Gasteiger partial charge in [0.2, 0.25) is 0 Å². The average molecular weight is 309 g/mol. The lowest BCUT2D eigenvalue weighted by molar-refractivity contribution is -0.418. The summed E-state index contributed by atoms with van der Waals surface area (Å²) < 4.78 is 135.